The third kappa shape index (κ3) is 13.9. The zero-order valence-corrected chi connectivity index (χ0v) is 23.3. The van der Waals surface area contributed by atoms with E-state index in [2.05, 4.69) is 16.3 Å². The number of hydrazine groups is 1. The van der Waals surface area contributed by atoms with Gasteiger partial charge >= 0.3 is 24.3 Å². The Morgan fingerprint density at radius 1 is 0.952 bits per heavy atom. The number of hydrogen-bond donors (Lipinski definition) is 4. The van der Waals surface area contributed by atoms with E-state index in [0.29, 0.717) is 24.2 Å². The van der Waals surface area contributed by atoms with Crippen LogP contribution in [0.2, 0.25) is 0 Å². The molecule has 0 aromatic carbocycles. The van der Waals surface area contributed by atoms with Crippen molar-refractivity contribution < 1.29 is 55.7 Å². The molecule has 1 aliphatic carbocycles. The third-order valence-electron chi connectivity index (χ3n) is 6.52. The van der Waals surface area contributed by atoms with Crippen LogP contribution in [0.3, 0.4) is 0 Å². The lowest BCUT2D eigenvalue weighted by Crippen LogP contribution is -2.53. The smallest absolute Gasteiger partial charge is 0.475 e. The summed E-state index contributed by atoms with van der Waals surface area (Å²) in [6.45, 7) is 2.21. The van der Waals surface area contributed by atoms with Crippen LogP contribution in [0, 0.1) is 11.3 Å². The van der Waals surface area contributed by atoms with Gasteiger partial charge in [-0.3, -0.25) is 20.3 Å². The van der Waals surface area contributed by atoms with Gasteiger partial charge in [-0.05, 0) is 25.7 Å². The first-order valence-corrected chi connectivity index (χ1v) is 14.0. The number of rotatable bonds is 6. The number of aliphatic carboxylic acids is 2. The van der Waals surface area contributed by atoms with Crippen LogP contribution in [0.4, 0.5) is 26.3 Å². The van der Waals surface area contributed by atoms with Crippen molar-refractivity contribution in [2.24, 2.45) is 5.84 Å². The summed E-state index contributed by atoms with van der Waals surface area (Å²) in [5.41, 5.74) is 0. The average Bonchev–Trinajstić information content (AvgIpc) is 3.38. The maximum absolute atomic E-state index is 12.4. The van der Waals surface area contributed by atoms with Crippen molar-refractivity contribution in [3.63, 3.8) is 0 Å². The predicted molar refractivity (Wildman–Crippen MR) is 136 cm³/mol. The fourth-order valence-corrected chi connectivity index (χ4v) is 5.41. The molecule has 1 saturated carbocycles. The van der Waals surface area contributed by atoms with Gasteiger partial charge in [0.25, 0.3) is 0 Å². The van der Waals surface area contributed by atoms with Crippen LogP contribution in [0.15, 0.2) is 0 Å². The lowest BCUT2D eigenvalue weighted by molar-refractivity contribution is -0.193. The molecule has 0 spiro atoms. The molecule has 19 heteroatoms. The Balaban J connectivity index is 0.000000522. The van der Waals surface area contributed by atoms with Crippen molar-refractivity contribution in [3.8, 4) is 6.07 Å². The molecular weight excluding hydrogens is 602 g/mol. The number of nitrogens with two attached hydrogens (primary N) is 1. The molecule has 0 bridgehead atoms. The maximum atomic E-state index is 12.4. The fourth-order valence-electron chi connectivity index (χ4n) is 4.30. The van der Waals surface area contributed by atoms with Crippen LogP contribution in [-0.2, 0) is 19.2 Å². The maximum Gasteiger partial charge on any atom is 0.490 e. The molecule has 2 saturated heterocycles. The standard InChI is InChI=1S/C19H32N6O2S.2C2HF3O2/c20-10-17-13-28-14-24(17)19(27)12-25(21)16-6-8-23(9-7-16)11-18(26)22-15-4-2-1-3-5-15;2*3-2(4,5)1(6)7/h15-17H,1-9,11-14,21H2,(H,22,26);2*(H,6,7). The number of amides is 2. The number of thioether (sulfide) groups is 1. The van der Waals surface area contributed by atoms with Crippen molar-refractivity contribution in [2.75, 3.05) is 37.8 Å². The van der Waals surface area contributed by atoms with Gasteiger partial charge in [-0.1, -0.05) is 19.3 Å². The monoisotopic (exact) mass is 636 g/mol. The lowest BCUT2D eigenvalue weighted by atomic mass is 9.95. The van der Waals surface area contributed by atoms with E-state index in [1.54, 1.807) is 21.7 Å². The van der Waals surface area contributed by atoms with Gasteiger partial charge in [0.2, 0.25) is 11.8 Å². The van der Waals surface area contributed by atoms with E-state index in [4.69, 9.17) is 30.9 Å². The molecule has 2 heterocycles. The van der Waals surface area contributed by atoms with Crippen LogP contribution >= 0.6 is 11.8 Å². The quantitative estimate of drug-likeness (QED) is 0.190. The molecular formula is C23H34F6N6O6S. The highest BCUT2D eigenvalue weighted by molar-refractivity contribution is 7.99. The second kappa shape index (κ2) is 17.3. The number of carbonyl (C=O) groups is 4. The Hall–Kier alpha value is -2.82. The van der Waals surface area contributed by atoms with Gasteiger partial charge in [0.15, 0.2) is 0 Å². The van der Waals surface area contributed by atoms with Crippen LogP contribution in [0.5, 0.6) is 0 Å². The summed E-state index contributed by atoms with van der Waals surface area (Å²) in [5.74, 6) is 1.95. The zero-order valence-electron chi connectivity index (χ0n) is 22.5. The molecule has 0 aromatic heterocycles. The minimum Gasteiger partial charge on any atom is -0.475 e. The Bertz CT molecular complexity index is 928. The summed E-state index contributed by atoms with van der Waals surface area (Å²) in [6, 6.07) is 2.33. The molecule has 1 atom stereocenters. The number of carbonyl (C=O) groups excluding carboxylic acids is 2. The van der Waals surface area contributed by atoms with Crippen LogP contribution in [0.1, 0.15) is 44.9 Å². The van der Waals surface area contributed by atoms with Crippen molar-refractivity contribution in [1.82, 2.24) is 20.1 Å². The van der Waals surface area contributed by atoms with Crippen molar-refractivity contribution in [2.45, 2.75) is 75.4 Å². The number of carboxylic acid groups (broad SMARTS) is 2. The van der Waals surface area contributed by atoms with E-state index >= 15 is 0 Å². The normalized spacial score (nSPS) is 20.5. The van der Waals surface area contributed by atoms with Gasteiger partial charge in [-0.25, -0.2) is 14.6 Å². The first kappa shape index (κ1) is 37.2. The highest BCUT2D eigenvalue weighted by atomic mass is 32.2. The van der Waals surface area contributed by atoms with Crippen molar-refractivity contribution in [1.29, 1.82) is 5.26 Å². The first-order chi connectivity index (χ1) is 19.4. The Labute approximate surface area is 242 Å². The second-order valence-corrected chi connectivity index (χ2v) is 10.7. The molecule has 0 radical (unpaired) electrons. The van der Waals surface area contributed by atoms with Crippen molar-refractivity contribution in [3.05, 3.63) is 0 Å². The number of hydrogen-bond acceptors (Lipinski definition) is 9. The van der Waals surface area contributed by atoms with Gasteiger partial charge in [0, 0.05) is 30.9 Å². The number of likely N-dealkylation sites (tertiary alicyclic amines) is 1. The molecule has 1 unspecified atom stereocenters. The minimum absolute atomic E-state index is 0.0756. The summed E-state index contributed by atoms with van der Waals surface area (Å²) in [7, 11) is 0. The summed E-state index contributed by atoms with van der Waals surface area (Å²) < 4.78 is 63.5. The minimum atomic E-state index is -5.08. The molecule has 3 fully saturated rings. The molecule has 3 rings (SSSR count). The summed E-state index contributed by atoms with van der Waals surface area (Å²) in [6.07, 6.45) is -2.56. The first-order valence-electron chi connectivity index (χ1n) is 12.9. The average molecular weight is 637 g/mol. The van der Waals surface area contributed by atoms with Crippen molar-refractivity contribution >= 4 is 35.5 Å². The summed E-state index contributed by atoms with van der Waals surface area (Å²) in [4.78, 5) is 46.3. The second-order valence-electron chi connectivity index (χ2n) is 9.70. The number of nitrogens with zero attached hydrogens (tertiary/aromatic N) is 4. The van der Waals surface area contributed by atoms with Gasteiger partial charge in [0.05, 0.1) is 25.0 Å². The zero-order chi connectivity index (χ0) is 32.1. The Kier molecular flexibility index (Phi) is 15.4. The predicted octanol–water partition coefficient (Wildman–Crippen LogP) is 1.77. The summed E-state index contributed by atoms with van der Waals surface area (Å²) in [5, 5.41) is 28.2. The van der Waals surface area contributed by atoms with E-state index in [9.17, 15) is 35.9 Å². The SMILES string of the molecule is N#CC1CSCN1C(=O)CN(N)C1CCN(CC(=O)NC2CCCCC2)CC1.O=C(O)C(F)(F)F.O=C(O)C(F)(F)F. The number of halogens is 6. The molecule has 5 N–H and O–H groups in total. The number of carboxylic acids is 2. The molecule has 3 aliphatic rings. The van der Waals surface area contributed by atoms with Gasteiger partial charge < -0.3 is 20.4 Å². The van der Waals surface area contributed by atoms with Gasteiger partial charge in [-0.2, -0.15) is 31.6 Å². The molecule has 42 heavy (non-hydrogen) atoms. The van der Waals surface area contributed by atoms with E-state index in [0.717, 1.165) is 38.8 Å². The number of nitriles is 1. The molecule has 12 nitrogen and oxygen atoms in total. The fraction of sp³-hybridized carbons (Fsp3) is 0.783. The Morgan fingerprint density at radius 2 is 1.45 bits per heavy atom. The van der Waals surface area contributed by atoms with Crippen LogP contribution in [0.25, 0.3) is 0 Å². The van der Waals surface area contributed by atoms with Gasteiger partial charge in [0.1, 0.15) is 6.04 Å². The highest BCUT2D eigenvalue weighted by Crippen LogP contribution is 2.22. The molecule has 2 aliphatic heterocycles. The number of nitrogens with one attached hydrogen (secondary N) is 1. The third-order valence-corrected chi connectivity index (χ3v) is 7.53. The van der Waals surface area contributed by atoms with E-state index in [-0.39, 0.29) is 30.4 Å². The summed E-state index contributed by atoms with van der Waals surface area (Å²) >= 11 is 1.60. The largest absolute Gasteiger partial charge is 0.490 e. The van der Waals surface area contributed by atoms with Crippen LogP contribution in [-0.4, -0.2) is 117 Å². The van der Waals surface area contributed by atoms with E-state index in [1.165, 1.54) is 19.3 Å². The number of alkyl halides is 6. The van der Waals surface area contributed by atoms with E-state index in [1.807, 2.05) is 0 Å². The molecule has 2 amide bonds. The Morgan fingerprint density at radius 3 is 1.90 bits per heavy atom. The molecule has 240 valence electrons. The topological polar surface area (TPSA) is 180 Å². The highest BCUT2D eigenvalue weighted by Gasteiger charge is 2.39. The molecule has 0 aromatic rings. The van der Waals surface area contributed by atoms with Gasteiger partial charge in [-0.15, -0.1) is 11.8 Å². The van der Waals surface area contributed by atoms with Crippen LogP contribution < -0.4 is 11.2 Å². The number of piperidine rings is 1. The van der Waals surface area contributed by atoms with E-state index < -0.39 is 24.3 Å². The lowest BCUT2D eigenvalue weighted by Gasteiger charge is -2.36.